The van der Waals surface area contributed by atoms with Gasteiger partial charge in [-0.1, -0.05) is 46.4 Å². The second kappa shape index (κ2) is 29.7. The van der Waals surface area contributed by atoms with E-state index >= 15 is 0 Å². The minimum atomic E-state index is -2.98. The minimum absolute atomic E-state index is 0.0154. The number of ketones is 1. The normalized spacial score (nSPS) is 19.4. The number of hydrogen-bond acceptors (Lipinski definition) is 21. The fourth-order valence-electron chi connectivity index (χ4n) is 12.5. The lowest BCUT2D eigenvalue weighted by Crippen LogP contribution is -2.61. The maximum Gasteiger partial charge on any atom is 0.276 e. The zero-order chi connectivity index (χ0) is 79.9. The zero-order valence-electron chi connectivity index (χ0n) is 55.8. The number of pyridine rings is 4. The number of anilines is 8. The van der Waals surface area contributed by atoms with Crippen LogP contribution in [-0.4, -0.2) is 119 Å². The van der Waals surface area contributed by atoms with Crippen LogP contribution in [-0.2, 0) is 36.2 Å². The molecule has 110 heavy (non-hydrogen) atoms. The minimum Gasteiger partial charge on any atom is -0.384 e. The smallest absolute Gasteiger partial charge is 0.276 e. The number of nitrogen functional groups attached to an aromatic ring is 1. The Labute approximate surface area is 647 Å². The van der Waals surface area contributed by atoms with E-state index in [0.717, 1.165) is 52.2 Å². The van der Waals surface area contributed by atoms with Gasteiger partial charge in [-0.05, 0) is 94.7 Å². The first-order chi connectivity index (χ1) is 51.5. The van der Waals surface area contributed by atoms with E-state index in [-0.39, 0.29) is 128 Å². The van der Waals surface area contributed by atoms with Gasteiger partial charge in [-0.3, -0.25) is 71.2 Å². The van der Waals surface area contributed by atoms with Crippen molar-refractivity contribution in [2.45, 2.75) is 131 Å². The van der Waals surface area contributed by atoms with Crippen LogP contribution in [0.3, 0.4) is 0 Å². The van der Waals surface area contributed by atoms with Crippen molar-refractivity contribution in [2.75, 3.05) is 32.3 Å². The number of H-pyrrole nitrogens is 1. The number of amides is 7. The summed E-state index contributed by atoms with van der Waals surface area (Å²) in [6.45, 7) is 0. The van der Waals surface area contributed by atoms with Gasteiger partial charge in [-0.15, -0.1) is 0 Å². The van der Waals surface area contributed by atoms with Crippen LogP contribution in [0.5, 0.6) is 0 Å². The molecule has 0 radical (unpaired) electrons. The van der Waals surface area contributed by atoms with E-state index in [1.807, 2.05) is 0 Å². The van der Waals surface area contributed by atoms with Crippen LogP contribution in [0, 0.1) is 17.8 Å². The highest BCUT2D eigenvalue weighted by Gasteiger charge is 2.65. The lowest BCUT2D eigenvalue weighted by molar-refractivity contribution is -0.158. The molecule has 7 amide bonds. The number of primary amides is 1. The van der Waals surface area contributed by atoms with Gasteiger partial charge in [0.1, 0.15) is 111 Å². The van der Waals surface area contributed by atoms with Crippen molar-refractivity contribution in [1.82, 2.24) is 64.5 Å². The molecule has 32 nitrogen and oxygen atoms in total. The highest BCUT2D eigenvalue weighted by Crippen LogP contribution is 2.54. The van der Waals surface area contributed by atoms with Crippen LogP contribution in [0.1, 0.15) is 132 Å². The number of carbonyl (C=O) groups excluding carboxylic acids is 8. The second-order valence-electron chi connectivity index (χ2n) is 26.9. The Balaban J connectivity index is 0.000000131. The fourth-order valence-corrected chi connectivity index (χ4v) is 14.6. The third-order valence-electron chi connectivity index (χ3n) is 17.9. The lowest BCUT2D eigenvalue weighted by Gasteiger charge is -2.45. The number of carbonyl (C=O) groups is 8. The van der Waals surface area contributed by atoms with Crippen LogP contribution < -0.4 is 76.2 Å². The van der Waals surface area contributed by atoms with E-state index in [2.05, 4.69) is 109 Å². The van der Waals surface area contributed by atoms with Crippen LogP contribution >= 0.6 is 78.3 Å². The van der Waals surface area contributed by atoms with Gasteiger partial charge in [0.15, 0.2) is 0 Å². The van der Waals surface area contributed by atoms with E-state index in [4.69, 9.17) is 57.9 Å². The molecule has 3 aliphatic heterocycles. The summed E-state index contributed by atoms with van der Waals surface area (Å²) in [7, 11) is 0. The summed E-state index contributed by atoms with van der Waals surface area (Å²) in [6.07, 6.45) is 4.01. The quantitative estimate of drug-likeness (QED) is 0.0539. The maximum atomic E-state index is 13.6. The lowest BCUT2D eigenvalue weighted by atomic mass is 9.81. The first-order valence-electron chi connectivity index (χ1n) is 32.6. The molecule has 0 aromatic carbocycles. The molecule has 17 rings (SSSR count). The third kappa shape index (κ3) is 17.1. The Morgan fingerprint density at radius 3 is 1.09 bits per heavy atom. The molecule has 46 heteroatoms. The Morgan fingerprint density at radius 2 is 0.773 bits per heavy atom. The maximum absolute atomic E-state index is 13.6. The molecule has 7 fully saturated rings. The van der Waals surface area contributed by atoms with E-state index in [1.54, 1.807) is 6.07 Å². The number of nitrogens with one attached hydrogen (secondary N) is 9. The molecular formula is C64H54Br2Cl4F8N20O12. The Kier molecular flexibility index (Phi) is 21.4. The number of alkyl halides is 8. The van der Waals surface area contributed by atoms with Gasteiger partial charge in [0.05, 0.1) is 80.4 Å². The summed E-state index contributed by atoms with van der Waals surface area (Å²) in [5.41, 5.74) is 3.14. The molecule has 0 saturated heterocycles. The van der Waals surface area contributed by atoms with E-state index in [1.165, 1.54) is 55.4 Å². The summed E-state index contributed by atoms with van der Waals surface area (Å²) in [5, 5.41) is 21.0. The average Bonchev–Trinajstić information content (AvgIpc) is 1.54. The van der Waals surface area contributed by atoms with Gasteiger partial charge in [0.2, 0.25) is 17.7 Å². The van der Waals surface area contributed by atoms with Crippen molar-refractivity contribution in [2.24, 2.45) is 23.5 Å². The van der Waals surface area contributed by atoms with E-state index < -0.39 is 138 Å². The van der Waals surface area contributed by atoms with Crippen LogP contribution in [0.4, 0.5) is 81.4 Å². The van der Waals surface area contributed by atoms with E-state index in [9.17, 15) is 92.7 Å². The molecule has 7 saturated carbocycles. The predicted octanol–water partition coefficient (Wildman–Crippen LogP) is 8.79. The SMILES string of the molecule is NC(=O)c1[nH]c(=O)c(Br)cc1Cl.Nc1cc(NC(=O)C2CC2)ncn1.O=C1CC(F)(F)C1.O=C1NC2(CC(F)(F)C2)n2c1c(Cl)cc(Br)c2=O.O=C1NC2(CC(F)(F)C2)n2c1c(Cl)cc(Nc1cc(NC(=O)C3CC3)ncn1)c2=O.O=C1NC2(CC(F)(F)C2)n2c1c(Cl)cc(Nc1cc(NC(=O)C3CC3)ncn1)c2=O. The fraction of sp³-hybridized carbons (Fsp3) is 0.375. The van der Waals surface area contributed by atoms with Gasteiger partial charge in [0.25, 0.3) is 69.6 Å². The molecule has 7 aromatic rings. The number of nitrogens with two attached hydrogens (primary N) is 2. The van der Waals surface area contributed by atoms with Crippen LogP contribution in [0.25, 0.3) is 0 Å². The summed E-state index contributed by atoms with van der Waals surface area (Å²) in [5.74, 6) is -12.9. The molecule has 3 spiro atoms. The average molecular weight is 1750 g/mol. The second-order valence-corrected chi connectivity index (χ2v) is 30.3. The summed E-state index contributed by atoms with van der Waals surface area (Å²) in [6, 6.07) is 9.52. The standard InChI is InChI=1S/2C18H15ClF2N6O3.C10H6BrClF2N2O2.C8H10N4O.C6H4BrClN2O2.C4H4F2O/c2*19-9-3-10(24-11-4-12(23-7-22-11)25-14(28)8-1-2-8)16(30)27-13(9)15(29)26-18(27)5-17(20,21)6-18;11-4-1-5(12)6-7(17)15-10(16(6)8(4)18)2-9(13,14)3-10;9-6-3-7(11-4-10-6)12-8(13)5-1-2-5;7-2-1-3(8)4(5(9)11)10-6(2)12;5-4(6)1-3(7)2-4/h2*3-4,7-8H,1-2,5-6H2,(H,26,29)(H2,22,23,24,25,28);1H,2-3H2,(H,15,17);3-5H,1-2H2,(H3,9,10,11,12,13);1H,(H2,9,11)(H,10,12);1-2H2. The van der Waals surface area contributed by atoms with Gasteiger partial charge in [0, 0.05) is 36.0 Å². The third-order valence-corrected chi connectivity index (χ3v) is 20.3. The molecule has 13 N–H and O–H groups in total. The summed E-state index contributed by atoms with van der Waals surface area (Å²) in [4.78, 5) is 167. The van der Waals surface area contributed by atoms with Gasteiger partial charge in [-0.2, -0.15) is 0 Å². The van der Waals surface area contributed by atoms with Crippen molar-refractivity contribution in [3.05, 3.63) is 155 Å². The molecule has 10 aliphatic rings. The number of aromatic nitrogens is 10. The molecule has 7 aromatic heterocycles. The number of halogens is 14. The monoisotopic (exact) mass is 1740 g/mol. The number of hydrogen-bond donors (Lipinski definition) is 11. The molecule has 0 bridgehead atoms. The summed E-state index contributed by atoms with van der Waals surface area (Å²) >= 11 is 29.8. The molecule has 580 valence electrons. The number of rotatable bonds is 11. The molecular weight excluding hydrogens is 1690 g/mol. The highest BCUT2D eigenvalue weighted by atomic mass is 79.9. The van der Waals surface area contributed by atoms with Gasteiger partial charge >= 0.3 is 0 Å². The van der Waals surface area contributed by atoms with Crippen molar-refractivity contribution in [3.8, 4) is 0 Å². The van der Waals surface area contributed by atoms with Crippen molar-refractivity contribution < 1.29 is 73.5 Å². The highest BCUT2D eigenvalue weighted by molar-refractivity contribution is 9.10. The van der Waals surface area contributed by atoms with Crippen LogP contribution in [0.2, 0.25) is 20.1 Å². The largest absolute Gasteiger partial charge is 0.384 e. The number of fused-ring (bicyclic) bond motifs is 6. The Morgan fingerprint density at radius 1 is 0.445 bits per heavy atom. The molecule has 0 atom stereocenters. The number of aromatic amines is 1. The first-order valence-corrected chi connectivity index (χ1v) is 35.7. The first kappa shape index (κ1) is 79.5. The number of nitrogens with zero attached hydrogens (tertiary/aromatic N) is 9. The number of Topliss-reactive ketones (excluding diaryl/α,β-unsaturated/α-hetero) is 1. The van der Waals surface area contributed by atoms with Gasteiger partial charge in [-0.25, -0.2) is 65.0 Å². The molecule has 10 heterocycles. The molecule has 7 aliphatic carbocycles. The van der Waals surface area contributed by atoms with Crippen LogP contribution in [0.15, 0.2) is 89.6 Å². The Hall–Kier alpha value is -10.0. The van der Waals surface area contributed by atoms with Crippen molar-refractivity contribution in [1.29, 1.82) is 0 Å². The topological polar surface area (TPSA) is 461 Å². The van der Waals surface area contributed by atoms with Crippen molar-refractivity contribution >= 4 is 172 Å². The predicted molar refractivity (Wildman–Crippen MR) is 382 cm³/mol. The molecule has 0 unspecified atom stereocenters. The zero-order valence-corrected chi connectivity index (χ0v) is 62.0. The van der Waals surface area contributed by atoms with E-state index in [0.29, 0.717) is 11.6 Å². The summed E-state index contributed by atoms with van der Waals surface area (Å²) < 4.78 is 107. The Bertz CT molecular complexity index is 5120. The van der Waals surface area contributed by atoms with Crippen molar-refractivity contribution in [3.63, 3.8) is 0 Å². The van der Waals surface area contributed by atoms with Gasteiger partial charge < -0.3 is 59.0 Å².